The molecule has 4 aromatic rings. The van der Waals surface area contributed by atoms with Gasteiger partial charge < -0.3 is 15.0 Å². The smallest absolute Gasteiger partial charge is 0.416 e. The Bertz CT molecular complexity index is 1610. The Morgan fingerprint density at radius 2 is 1.87 bits per heavy atom. The molecular weight excluding hydrogens is 562 g/mol. The summed E-state index contributed by atoms with van der Waals surface area (Å²) >= 11 is 13.5. The van der Waals surface area contributed by atoms with Crippen molar-refractivity contribution < 1.29 is 22.7 Å². The van der Waals surface area contributed by atoms with Crippen LogP contribution in [0.1, 0.15) is 38.7 Å². The predicted molar refractivity (Wildman–Crippen MR) is 138 cm³/mol. The first-order valence-corrected chi connectivity index (χ1v) is 12.8. The van der Waals surface area contributed by atoms with Crippen molar-refractivity contribution >= 4 is 40.9 Å². The minimum atomic E-state index is -4.50. The fraction of sp³-hybridized carbons (Fsp3) is 0.115. The van der Waals surface area contributed by atoms with Gasteiger partial charge in [-0.2, -0.15) is 13.2 Å². The Morgan fingerprint density at radius 1 is 1.08 bits per heavy atom. The monoisotopic (exact) mass is 577 g/mol. The van der Waals surface area contributed by atoms with Crippen LogP contribution in [0.5, 0.6) is 11.5 Å². The minimum absolute atomic E-state index is 0.0447. The van der Waals surface area contributed by atoms with E-state index >= 15 is 0 Å². The largest absolute Gasteiger partial charge is 0.456 e. The lowest BCUT2D eigenvalue weighted by Gasteiger charge is -2.29. The van der Waals surface area contributed by atoms with Crippen molar-refractivity contribution in [3.8, 4) is 11.5 Å². The molecule has 12 heteroatoms. The van der Waals surface area contributed by atoms with Crippen LogP contribution in [0.2, 0.25) is 10.0 Å². The van der Waals surface area contributed by atoms with Crippen LogP contribution in [0, 0.1) is 0 Å². The third kappa shape index (κ3) is 5.24. The van der Waals surface area contributed by atoms with Crippen molar-refractivity contribution in [3.63, 3.8) is 0 Å². The number of benzene rings is 3. The molecule has 1 unspecified atom stereocenters. The Morgan fingerprint density at radius 3 is 2.63 bits per heavy atom. The number of thioether (sulfide) groups is 1. The van der Waals surface area contributed by atoms with Gasteiger partial charge in [0.05, 0.1) is 11.6 Å². The molecule has 0 saturated carbocycles. The zero-order valence-corrected chi connectivity index (χ0v) is 21.4. The zero-order valence-electron chi connectivity index (χ0n) is 19.1. The number of aromatic amines is 1. The van der Waals surface area contributed by atoms with Gasteiger partial charge in [-0.15, -0.1) is 0 Å². The number of aromatic nitrogens is 2. The highest BCUT2D eigenvalue weighted by Gasteiger charge is 2.33. The first kappa shape index (κ1) is 26.1. The molecule has 38 heavy (non-hydrogen) atoms. The normalized spacial score (nSPS) is 14.3. The van der Waals surface area contributed by atoms with Crippen molar-refractivity contribution in [3.05, 3.63) is 115 Å². The van der Waals surface area contributed by atoms with Crippen LogP contribution < -0.4 is 15.6 Å². The van der Waals surface area contributed by atoms with Gasteiger partial charge in [-0.05, 0) is 35.9 Å². The van der Waals surface area contributed by atoms with Crippen LogP contribution in [-0.2, 0) is 11.9 Å². The Balaban J connectivity index is 1.38. The Labute approximate surface area is 228 Å². The second-order valence-corrected chi connectivity index (χ2v) is 10.0. The topological polar surface area (TPSA) is 84.1 Å². The molecule has 0 bridgehead atoms. The molecule has 1 amide bonds. The molecule has 194 valence electrons. The van der Waals surface area contributed by atoms with E-state index in [1.807, 2.05) is 0 Å². The predicted octanol–water partition coefficient (Wildman–Crippen LogP) is 7.01. The summed E-state index contributed by atoms with van der Waals surface area (Å²) in [7, 11) is 0. The lowest BCUT2D eigenvalue weighted by Crippen LogP contribution is -2.35. The van der Waals surface area contributed by atoms with E-state index in [0.717, 1.165) is 24.0 Å². The summed E-state index contributed by atoms with van der Waals surface area (Å²) in [5, 5.41) is 3.67. The van der Waals surface area contributed by atoms with Crippen LogP contribution >= 0.6 is 35.0 Å². The van der Waals surface area contributed by atoms with E-state index in [2.05, 4.69) is 15.3 Å². The molecule has 6 nitrogen and oxygen atoms in total. The molecule has 5 rings (SSSR count). The summed E-state index contributed by atoms with van der Waals surface area (Å²) in [4.78, 5) is 32.5. The van der Waals surface area contributed by atoms with Crippen molar-refractivity contribution in [2.24, 2.45) is 0 Å². The Kier molecular flexibility index (Phi) is 7.13. The number of rotatable bonds is 5. The average molecular weight is 578 g/mol. The standard InChI is InChI=1S/C26H16Cl2F3N3O3S/c27-14-8-9-15-20(10-14)37-19-7-3-6-18(28)21(19)22(15)33-23(35)16-11-32-25(34-24(16)36)38-12-13-4-1-2-5-17(13)26(29,30)31/h1-11,22H,12H2,(H,33,35)(H,32,34,36). The highest BCUT2D eigenvalue weighted by Crippen LogP contribution is 2.46. The number of nitrogens with one attached hydrogen (secondary N) is 2. The first-order chi connectivity index (χ1) is 18.1. The van der Waals surface area contributed by atoms with E-state index in [-0.39, 0.29) is 22.0 Å². The number of halogens is 5. The molecule has 2 heterocycles. The van der Waals surface area contributed by atoms with E-state index in [1.165, 1.54) is 18.2 Å². The van der Waals surface area contributed by atoms with Gasteiger partial charge in [-0.3, -0.25) is 9.59 Å². The molecule has 1 aromatic heterocycles. The second-order valence-electron chi connectivity index (χ2n) is 8.22. The molecule has 1 aliphatic heterocycles. The summed E-state index contributed by atoms with van der Waals surface area (Å²) in [5.74, 6) is 0.0447. The number of nitrogens with zero attached hydrogens (tertiary/aromatic N) is 1. The van der Waals surface area contributed by atoms with Gasteiger partial charge in [-0.1, -0.05) is 65.3 Å². The molecule has 0 saturated heterocycles. The second kappa shape index (κ2) is 10.4. The zero-order chi connectivity index (χ0) is 27.0. The number of amides is 1. The number of ether oxygens (including phenoxy) is 1. The van der Waals surface area contributed by atoms with Crippen molar-refractivity contribution in [1.29, 1.82) is 0 Å². The van der Waals surface area contributed by atoms with Crippen LogP contribution in [0.25, 0.3) is 0 Å². The molecule has 0 radical (unpaired) electrons. The quantitative estimate of drug-likeness (QED) is 0.197. The number of hydrogen-bond acceptors (Lipinski definition) is 5. The van der Waals surface area contributed by atoms with Crippen molar-refractivity contribution in [1.82, 2.24) is 15.3 Å². The van der Waals surface area contributed by atoms with E-state index in [9.17, 15) is 22.8 Å². The molecule has 2 N–H and O–H groups in total. The maximum Gasteiger partial charge on any atom is 0.416 e. The molecule has 1 aliphatic rings. The fourth-order valence-electron chi connectivity index (χ4n) is 4.04. The van der Waals surface area contributed by atoms with Crippen LogP contribution in [0.3, 0.4) is 0 Å². The first-order valence-electron chi connectivity index (χ1n) is 11.1. The van der Waals surface area contributed by atoms with E-state index in [4.69, 9.17) is 27.9 Å². The highest BCUT2D eigenvalue weighted by atomic mass is 35.5. The van der Waals surface area contributed by atoms with Gasteiger partial charge in [0.1, 0.15) is 17.1 Å². The molecule has 0 fully saturated rings. The number of carbonyl (C=O) groups is 1. The van der Waals surface area contributed by atoms with Crippen molar-refractivity contribution in [2.75, 3.05) is 0 Å². The van der Waals surface area contributed by atoms with Gasteiger partial charge in [0.25, 0.3) is 11.5 Å². The third-order valence-corrected chi connectivity index (χ3v) is 7.29. The molecule has 0 aliphatic carbocycles. The summed E-state index contributed by atoms with van der Waals surface area (Å²) in [6.45, 7) is 0. The lowest BCUT2D eigenvalue weighted by atomic mass is 9.94. The van der Waals surface area contributed by atoms with Crippen LogP contribution in [0.4, 0.5) is 13.2 Å². The summed E-state index contributed by atoms with van der Waals surface area (Å²) in [6, 6.07) is 14.4. The van der Waals surface area contributed by atoms with Crippen molar-refractivity contribution in [2.45, 2.75) is 23.1 Å². The van der Waals surface area contributed by atoms with Gasteiger partial charge in [0.2, 0.25) is 0 Å². The lowest BCUT2D eigenvalue weighted by molar-refractivity contribution is -0.138. The Hall–Kier alpha value is -3.47. The van der Waals surface area contributed by atoms with Crippen LogP contribution in [0.15, 0.2) is 76.8 Å². The number of fused-ring (bicyclic) bond motifs is 2. The molecule has 3 aromatic carbocycles. The van der Waals surface area contributed by atoms with E-state index in [1.54, 1.807) is 36.4 Å². The summed E-state index contributed by atoms with van der Waals surface area (Å²) in [5.41, 5.74) is -0.640. The van der Waals surface area contributed by atoms with Gasteiger partial charge in [0.15, 0.2) is 5.16 Å². The van der Waals surface area contributed by atoms with E-state index in [0.29, 0.717) is 32.7 Å². The van der Waals surface area contributed by atoms with E-state index < -0.39 is 29.2 Å². The fourth-order valence-corrected chi connectivity index (χ4v) is 5.31. The summed E-state index contributed by atoms with van der Waals surface area (Å²) in [6.07, 6.45) is -3.42. The number of hydrogen-bond donors (Lipinski definition) is 2. The average Bonchev–Trinajstić information content (AvgIpc) is 2.86. The number of carbonyl (C=O) groups excluding carboxylic acids is 1. The molecule has 0 spiro atoms. The third-order valence-electron chi connectivity index (χ3n) is 5.79. The number of H-pyrrole nitrogens is 1. The van der Waals surface area contributed by atoms with Gasteiger partial charge >= 0.3 is 6.18 Å². The van der Waals surface area contributed by atoms with Gasteiger partial charge in [0, 0.05) is 33.1 Å². The maximum atomic E-state index is 13.3. The minimum Gasteiger partial charge on any atom is -0.456 e. The number of alkyl halides is 3. The summed E-state index contributed by atoms with van der Waals surface area (Å²) < 4.78 is 45.7. The van der Waals surface area contributed by atoms with Crippen LogP contribution in [-0.4, -0.2) is 15.9 Å². The SMILES string of the molecule is O=C(NC1c2ccc(Cl)cc2Oc2cccc(Cl)c21)c1cnc(SCc2ccccc2C(F)(F)F)[nH]c1=O. The molecular formula is C26H16Cl2F3N3O3S. The van der Waals surface area contributed by atoms with Gasteiger partial charge in [-0.25, -0.2) is 4.98 Å². The maximum absolute atomic E-state index is 13.3. The molecule has 1 atom stereocenters. The highest BCUT2D eigenvalue weighted by molar-refractivity contribution is 7.98.